The fourth-order valence-corrected chi connectivity index (χ4v) is 3.49. The minimum atomic E-state index is -0.228. The third-order valence-corrected chi connectivity index (χ3v) is 5.26. The third kappa shape index (κ3) is 3.23. The van der Waals surface area contributed by atoms with Crippen LogP contribution in [0, 0.1) is 12.8 Å². The molecule has 2 aliphatic rings. The van der Waals surface area contributed by atoms with E-state index in [1.165, 1.54) is 6.20 Å². The van der Waals surface area contributed by atoms with E-state index in [-0.39, 0.29) is 17.7 Å². The van der Waals surface area contributed by atoms with E-state index in [1.54, 1.807) is 6.92 Å². The largest absolute Gasteiger partial charge is 0.361 e. The summed E-state index contributed by atoms with van der Waals surface area (Å²) in [6.07, 6.45) is 5.52. The van der Waals surface area contributed by atoms with Crippen molar-refractivity contribution in [1.82, 2.24) is 25.2 Å². The van der Waals surface area contributed by atoms with Crippen molar-refractivity contribution < 1.29 is 14.1 Å². The SMILES string of the molecule is Cc1oncc1C(=O)NCc1cc2n(n1)CCCN(C(=O)C1CCC1)C2. The number of aryl methyl sites for hydroxylation is 2. The van der Waals surface area contributed by atoms with Gasteiger partial charge in [0.1, 0.15) is 11.3 Å². The molecule has 1 aliphatic heterocycles. The van der Waals surface area contributed by atoms with Gasteiger partial charge in [-0.05, 0) is 32.3 Å². The predicted molar refractivity (Wildman–Crippen MR) is 92.0 cm³/mol. The molecule has 8 heteroatoms. The highest BCUT2D eigenvalue weighted by atomic mass is 16.5. The molecule has 4 rings (SSSR count). The van der Waals surface area contributed by atoms with Crippen molar-refractivity contribution in [2.24, 2.45) is 5.92 Å². The first-order valence-electron chi connectivity index (χ1n) is 9.15. The molecule has 0 spiro atoms. The smallest absolute Gasteiger partial charge is 0.256 e. The fraction of sp³-hybridized carbons (Fsp3) is 0.556. The molecule has 3 heterocycles. The van der Waals surface area contributed by atoms with Crippen LogP contribution in [-0.4, -0.2) is 38.2 Å². The van der Waals surface area contributed by atoms with Crippen LogP contribution in [0.15, 0.2) is 16.8 Å². The second-order valence-electron chi connectivity index (χ2n) is 7.07. The fourth-order valence-electron chi connectivity index (χ4n) is 3.49. The van der Waals surface area contributed by atoms with Gasteiger partial charge in [0.25, 0.3) is 5.91 Å². The quantitative estimate of drug-likeness (QED) is 0.898. The van der Waals surface area contributed by atoms with Crippen LogP contribution in [0.1, 0.15) is 53.2 Å². The molecule has 1 fully saturated rings. The summed E-state index contributed by atoms with van der Waals surface area (Å²) in [6.45, 7) is 4.22. The van der Waals surface area contributed by atoms with Gasteiger partial charge in [-0.25, -0.2) is 0 Å². The highest BCUT2D eigenvalue weighted by molar-refractivity contribution is 5.94. The van der Waals surface area contributed by atoms with Gasteiger partial charge in [0, 0.05) is 19.0 Å². The van der Waals surface area contributed by atoms with Gasteiger partial charge in [0.05, 0.1) is 30.7 Å². The van der Waals surface area contributed by atoms with Crippen molar-refractivity contribution in [3.63, 3.8) is 0 Å². The first kappa shape index (κ1) is 16.8. The number of hydrogen-bond donors (Lipinski definition) is 1. The summed E-state index contributed by atoms with van der Waals surface area (Å²) in [6, 6.07) is 1.98. The van der Waals surface area contributed by atoms with Crippen LogP contribution in [0.25, 0.3) is 0 Å². The molecule has 1 saturated carbocycles. The number of fused-ring (bicyclic) bond motifs is 1. The van der Waals surface area contributed by atoms with Crippen molar-refractivity contribution in [1.29, 1.82) is 0 Å². The Kier molecular flexibility index (Phi) is 4.48. The monoisotopic (exact) mass is 357 g/mol. The maximum Gasteiger partial charge on any atom is 0.256 e. The molecule has 2 aromatic rings. The second-order valence-corrected chi connectivity index (χ2v) is 7.07. The lowest BCUT2D eigenvalue weighted by molar-refractivity contribution is -0.138. The Balaban J connectivity index is 1.40. The Morgan fingerprint density at radius 1 is 1.31 bits per heavy atom. The van der Waals surface area contributed by atoms with E-state index >= 15 is 0 Å². The van der Waals surface area contributed by atoms with Crippen molar-refractivity contribution >= 4 is 11.8 Å². The number of hydrogen-bond acceptors (Lipinski definition) is 5. The highest BCUT2D eigenvalue weighted by Gasteiger charge is 2.30. The van der Waals surface area contributed by atoms with Crippen LogP contribution in [0.3, 0.4) is 0 Å². The number of rotatable bonds is 4. The standard InChI is InChI=1S/C18H23N5O3/c1-12-16(10-20-26-12)17(24)19-9-14-8-15-11-22(6-3-7-23(15)21-14)18(25)13-4-2-5-13/h8,10,13H,2-7,9,11H2,1H3,(H,19,24). The summed E-state index contributed by atoms with van der Waals surface area (Å²) in [5.74, 6) is 0.765. The van der Waals surface area contributed by atoms with E-state index in [1.807, 2.05) is 15.6 Å². The molecule has 0 unspecified atom stereocenters. The van der Waals surface area contributed by atoms with Crippen LogP contribution >= 0.6 is 0 Å². The molecule has 2 amide bonds. The number of nitrogens with zero attached hydrogens (tertiary/aromatic N) is 4. The Labute approximate surface area is 151 Å². The average molecular weight is 357 g/mol. The maximum atomic E-state index is 12.6. The molecule has 2 aromatic heterocycles. The first-order chi connectivity index (χ1) is 12.6. The molecule has 0 bridgehead atoms. The molecule has 0 aromatic carbocycles. The molecule has 1 N–H and O–H groups in total. The number of amides is 2. The molecule has 26 heavy (non-hydrogen) atoms. The Morgan fingerprint density at radius 3 is 2.85 bits per heavy atom. The molecule has 1 aliphatic carbocycles. The van der Waals surface area contributed by atoms with E-state index in [0.717, 1.165) is 50.2 Å². The minimum absolute atomic E-state index is 0.218. The van der Waals surface area contributed by atoms with Crippen molar-refractivity contribution in [3.05, 3.63) is 35.0 Å². The maximum absolute atomic E-state index is 12.6. The van der Waals surface area contributed by atoms with E-state index in [4.69, 9.17) is 4.52 Å². The highest BCUT2D eigenvalue weighted by Crippen LogP contribution is 2.29. The van der Waals surface area contributed by atoms with Crippen LogP contribution in [0.4, 0.5) is 0 Å². The van der Waals surface area contributed by atoms with Gasteiger partial charge in [-0.3, -0.25) is 14.3 Å². The Hall–Kier alpha value is -2.64. The lowest BCUT2D eigenvalue weighted by Crippen LogP contribution is -2.38. The summed E-state index contributed by atoms with van der Waals surface area (Å²) < 4.78 is 6.88. The van der Waals surface area contributed by atoms with Crippen molar-refractivity contribution in [2.75, 3.05) is 6.54 Å². The van der Waals surface area contributed by atoms with E-state index in [2.05, 4.69) is 15.6 Å². The van der Waals surface area contributed by atoms with Gasteiger partial charge in [-0.1, -0.05) is 11.6 Å². The van der Waals surface area contributed by atoms with Gasteiger partial charge >= 0.3 is 0 Å². The first-order valence-corrected chi connectivity index (χ1v) is 9.15. The molecule has 0 radical (unpaired) electrons. The zero-order valence-electron chi connectivity index (χ0n) is 14.9. The van der Waals surface area contributed by atoms with Gasteiger partial charge in [-0.15, -0.1) is 0 Å². The van der Waals surface area contributed by atoms with Gasteiger partial charge in [-0.2, -0.15) is 5.10 Å². The Bertz CT molecular complexity index is 821. The third-order valence-electron chi connectivity index (χ3n) is 5.26. The van der Waals surface area contributed by atoms with Gasteiger partial charge < -0.3 is 14.7 Å². The van der Waals surface area contributed by atoms with Crippen LogP contribution < -0.4 is 5.32 Å². The number of nitrogens with one attached hydrogen (secondary N) is 1. The predicted octanol–water partition coefficient (Wildman–Crippen LogP) is 1.64. The zero-order valence-corrected chi connectivity index (χ0v) is 14.9. The van der Waals surface area contributed by atoms with Crippen molar-refractivity contribution in [3.8, 4) is 0 Å². The number of carbonyl (C=O) groups excluding carboxylic acids is 2. The lowest BCUT2D eigenvalue weighted by atomic mass is 9.84. The normalized spacial score (nSPS) is 17.3. The lowest BCUT2D eigenvalue weighted by Gasteiger charge is -2.30. The van der Waals surface area contributed by atoms with Crippen LogP contribution in [0.5, 0.6) is 0 Å². The second kappa shape index (κ2) is 6.93. The average Bonchev–Trinajstić information content (AvgIpc) is 3.11. The summed E-state index contributed by atoms with van der Waals surface area (Å²) in [5, 5.41) is 11.0. The summed E-state index contributed by atoms with van der Waals surface area (Å²) >= 11 is 0. The molecular weight excluding hydrogens is 334 g/mol. The zero-order chi connectivity index (χ0) is 18.1. The number of carbonyl (C=O) groups is 2. The molecule has 0 saturated heterocycles. The Morgan fingerprint density at radius 2 is 2.15 bits per heavy atom. The van der Waals surface area contributed by atoms with Gasteiger partial charge in [0.15, 0.2) is 0 Å². The van der Waals surface area contributed by atoms with E-state index in [9.17, 15) is 9.59 Å². The van der Waals surface area contributed by atoms with Crippen LogP contribution in [0.2, 0.25) is 0 Å². The minimum Gasteiger partial charge on any atom is -0.361 e. The van der Waals surface area contributed by atoms with Crippen molar-refractivity contribution in [2.45, 2.75) is 52.2 Å². The van der Waals surface area contributed by atoms with Gasteiger partial charge in [0.2, 0.25) is 5.91 Å². The molecule has 0 atom stereocenters. The summed E-state index contributed by atoms with van der Waals surface area (Å²) in [7, 11) is 0. The van der Waals surface area contributed by atoms with E-state index < -0.39 is 0 Å². The topological polar surface area (TPSA) is 93.3 Å². The molecule has 8 nitrogen and oxygen atoms in total. The molecular formula is C18H23N5O3. The number of aromatic nitrogens is 3. The summed E-state index contributed by atoms with van der Waals surface area (Å²) in [5.41, 5.74) is 2.25. The van der Waals surface area contributed by atoms with E-state index in [0.29, 0.717) is 24.4 Å². The summed E-state index contributed by atoms with van der Waals surface area (Å²) in [4.78, 5) is 26.7. The molecule has 138 valence electrons. The van der Waals surface area contributed by atoms with Crippen LogP contribution in [-0.2, 0) is 24.4 Å².